The van der Waals surface area contributed by atoms with Crippen LogP contribution in [-0.4, -0.2) is 69.0 Å². The van der Waals surface area contributed by atoms with Crippen molar-refractivity contribution in [2.24, 2.45) is 10.4 Å². The molecule has 2 fully saturated rings. The fraction of sp³-hybridized carbons (Fsp3) is 0.882. The molecule has 24 heavy (non-hydrogen) atoms. The van der Waals surface area contributed by atoms with Crippen LogP contribution in [0.1, 0.15) is 40.0 Å². The molecule has 2 rings (SSSR count). The zero-order valence-electron chi connectivity index (χ0n) is 15.5. The lowest BCUT2D eigenvalue weighted by Crippen LogP contribution is -2.42. The molecule has 0 radical (unpaired) electrons. The van der Waals surface area contributed by atoms with E-state index in [1.54, 1.807) is 0 Å². The van der Waals surface area contributed by atoms with Gasteiger partial charge in [0.05, 0.1) is 6.61 Å². The number of ether oxygens (including phenoxy) is 2. The molecule has 2 heterocycles. The second kappa shape index (κ2) is 8.05. The average Bonchev–Trinajstić information content (AvgIpc) is 3.12. The monoisotopic (exact) mass is 340 g/mol. The highest BCUT2D eigenvalue weighted by Crippen LogP contribution is 2.38. The molecule has 0 bridgehead atoms. The largest absolute Gasteiger partial charge is 0.444 e. The van der Waals surface area contributed by atoms with Crippen molar-refractivity contribution in [3.8, 4) is 0 Å². The molecule has 2 aliphatic rings. The Bertz CT molecular complexity index is 453. The number of rotatable bonds is 4. The third kappa shape index (κ3) is 5.54. The Kier molecular flexibility index (Phi) is 6.32. The molecule has 7 heteroatoms. The maximum Gasteiger partial charge on any atom is 0.407 e. The fourth-order valence-corrected chi connectivity index (χ4v) is 3.21. The number of nitrogens with one attached hydrogen (secondary N) is 2. The maximum absolute atomic E-state index is 11.6. The quantitative estimate of drug-likeness (QED) is 0.462. The molecular formula is C17H32N4O3. The Morgan fingerprint density at radius 3 is 2.67 bits per heavy atom. The molecule has 1 amide bonds. The van der Waals surface area contributed by atoms with E-state index in [9.17, 15) is 4.79 Å². The first-order chi connectivity index (χ1) is 11.3. The van der Waals surface area contributed by atoms with Crippen molar-refractivity contribution in [2.45, 2.75) is 45.6 Å². The van der Waals surface area contributed by atoms with Crippen LogP contribution in [0.25, 0.3) is 0 Å². The molecule has 7 nitrogen and oxygen atoms in total. The Labute approximate surface area is 145 Å². The lowest BCUT2D eigenvalue weighted by atomic mass is 9.87. The molecule has 0 saturated carbocycles. The van der Waals surface area contributed by atoms with Gasteiger partial charge in [-0.2, -0.15) is 0 Å². The molecule has 2 saturated heterocycles. The zero-order valence-corrected chi connectivity index (χ0v) is 15.5. The van der Waals surface area contributed by atoms with Crippen LogP contribution >= 0.6 is 0 Å². The minimum atomic E-state index is -0.458. The molecular weight excluding hydrogens is 308 g/mol. The summed E-state index contributed by atoms with van der Waals surface area (Å²) in [5.74, 6) is 0.941. The number of carbonyl (C=O) groups is 1. The molecule has 2 aliphatic heterocycles. The predicted octanol–water partition coefficient (Wildman–Crippen LogP) is 1.59. The van der Waals surface area contributed by atoms with Crippen molar-refractivity contribution < 1.29 is 14.3 Å². The zero-order chi connectivity index (χ0) is 17.6. The van der Waals surface area contributed by atoms with Crippen molar-refractivity contribution in [1.82, 2.24) is 15.5 Å². The van der Waals surface area contributed by atoms with Gasteiger partial charge in [0.25, 0.3) is 0 Å². The van der Waals surface area contributed by atoms with Gasteiger partial charge in [-0.05, 0) is 40.0 Å². The van der Waals surface area contributed by atoms with Crippen LogP contribution in [0, 0.1) is 5.41 Å². The summed E-state index contributed by atoms with van der Waals surface area (Å²) in [7, 11) is 1.82. The van der Waals surface area contributed by atoms with Crippen molar-refractivity contribution >= 4 is 12.1 Å². The number of hydrogen-bond donors (Lipinski definition) is 2. The number of nitrogens with zero attached hydrogens (tertiary/aromatic N) is 2. The standard InChI is InChI=1S/C17H32N4O3/c1-16(2,3)24-15(22)20-9-5-8-19-14(18-4)21-10-6-17(12-21)7-11-23-13-17/h5-13H2,1-4H3,(H,18,19)(H,20,22). The summed E-state index contributed by atoms with van der Waals surface area (Å²) in [6.07, 6.45) is 2.78. The van der Waals surface area contributed by atoms with Gasteiger partial charge in [-0.1, -0.05) is 0 Å². The van der Waals surface area contributed by atoms with Gasteiger partial charge >= 0.3 is 6.09 Å². The normalized spacial score (nSPS) is 24.5. The number of likely N-dealkylation sites (tertiary alicyclic amines) is 1. The van der Waals surface area contributed by atoms with E-state index in [0.717, 1.165) is 51.6 Å². The van der Waals surface area contributed by atoms with Crippen LogP contribution in [0.5, 0.6) is 0 Å². The van der Waals surface area contributed by atoms with Gasteiger partial charge in [0.15, 0.2) is 5.96 Å². The van der Waals surface area contributed by atoms with Crippen molar-refractivity contribution in [2.75, 3.05) is 46.4 Å². The summed E-state index contributed by atoms with van der Waals surface area (Å²) < 4.78 is 10.8. The highest BCUT2D eigenvalue weighted by molar-refractivity contribution is 5.80. The van der Waals surface area contributed by atoms with Gasteiger partial charge in [0.2, 0.25) is 0 Å². The molecule has 1 spiro atoms. The summed E-state index contributed by atoms with van der Waals surface area (Å²) >= 11 is 0. The van der Waals surface area contributed by atoms with Gasteiger partial charge in [0, 0.05) is 45.2 Å². The van der Waals surface area contributed by atoms with E-state index in [0.29, 0.717) is 12.0 Å². The number of carbonyl (C=O) groups excluding carboxylic acids is 1. The first-order valence-electron chi connectivity index (χ1n) is 8.84. The molecule has 138 valence electrons. The van der Waals surface area contributed by atoms with Gasteiger partial charge in [-0.15, -0.1) is 0 Å². The number of hydrogen-bond acceptors (Lipinski definition) is 4. The highest BCUT2D eigenvalue weighted by Gasteiger charge is 2.42. The van der Waals surface area contributed by atoms with Gasteiger partial charge < -0.3 is 25.0 Å². The second-order valence-electron chi connectivity index (χ2n) is 7.73. The topological polar surface area (TPSA) is 75.2 Å². The van der Waals surface area contributed by atoms with Crippen LogP contribution < -0.4 is 10.6 Å². The molecule has 0 aromatic carbocycles. The number of amides is 1. The van der Waals surface area contributed by atoms with Crippen molar-refractivity contribution in [3.05, 3.63) is 0 Å². The number of guanidine groups is 1. The molecule has 0 aromatic rings. The predicted molar refractivity (Wildman–Crippen MR) is 94.3 cm³/mol. The Balaban J connectivity index is 1.63. The van der Waals surface area contributed by atoms with Crippen molar-refractivity contribution in [3.63, 3.8) is 0 Å². The second-order valence-corrected chi connectivity index (χ2v) is 7.73. The molecule has 1 atom stereocenters. The summed E-state index contributed by atoms with van der Waals surface area (Å²) in [5, 5.41) is 6.15. The Morgan fingerprint density at radius 1 is 1.29 bits per heavy atom. The van der Waals surface area contributed by atoms with Gasteiger partial charge in [-0.25, -0.2) is 4.79 Å². The van der Waals surface area contributed by atoms with E-state index in [-0.39, 0.29) is 6.09 Å². The lowest BCUT2D eigenvalue weighted by Gasteiger charge is -2.25. The summed E-state index contributed by atoms with van der Waals surface area (Å²) in [5.41, 5.74) is -0.129. The Morgan fingerprint density at radius 2 is 2.04 bits per heavy atom. The van der Waals surface area contributed by atoms with Crippen LogP contribution in [0.3, 0.4) is 0 Å². The van der Waals surface area contributed by atoms with Crippen LogP contribution in [0.4, 0.5) is 4.79 Å². The minimum Gasteiger partial charge on any atom is -0.444 e. The third-order valence-corrected chi connectivity index (χ3v) is 4.44. The molecule has 0 aliphatic carbocycles. The first-order valence-corrected chi connectivity index (χ1v) is 8.84. The molecule has 1 unspecified atom stereocenters. The summed E-state index contributed by atoms with van der Waals surface area (Å²) in [6, 6.07) is 0. The highest BCUT2D eigenvalue weighted by atomic mass is 16.6. The van der Waals surface area contributed by atoms with Gasteiger partial charge in [0.1, 0.15) is 5.60 Å². The van der Waals surface area contributed by atoms with E-state index < -0.39 is 5.60 Å². The van der Waals surface area contributed by atoms with Gasteiger partial charge in [-0.3, -0.25) is 4.99 Å². The maximum atomic E-state index is 11.6. The third-order valence-electron chi connectivity index (χ3n) is 4.44. The minimum absolute atomic E-state index is 0.329. The fourth-order valence-electron chi connectivity index (χ4n) is 3.21. The summed E-state index contributed by atoms with van der Waals surface area (Å²) in [6.45, 7) is 10.7. The van der Waals surface area contributed by atoms with E-state index in [2.05, 4.69) is 20.5 Å². The van der Waals surface area contributed by atoms with E-state index in [4.69, 9.17) is 9.47 Å². The van der Waals surface area contributed by atoms with Crippen LogP contribution in [0.2, 0.25) is 0 Å². The van der Waals surface area contributed by atoms with E-state index in [1.165, 1.54) is 6.42 Å². The molecule has 2 N–H and O–H groups in total. The average molecular weight is 340 g/mol. The Hall–Kier alpha value is -1.50. The van der Waals surface area contributed by atoms with E-state index >= 15 is 0 Å². The van der Waals surface area contributed by atoms with Crippen LogP contribution in [0.15, 0.2) is 4.99 Å². The number of alkyl carbamates (subject to hydrolysis) is 1. The van der Waals surface area contributed by atoms with Crippen molar-refractivity contribution in [1.29, 1.82) is 0 Å². The smallest absolute Gasteiger partial charge is 0.407 e. The SMILES string of the molecule is CN=C(NCCCNC(=O)OC(C)(C)C)N1CCC2(CCOC2)C1. The number of aliphatic imine (C=N–C) groups is 1. The first kappa shape index (κ1) is 18.8. The van der Waals surface area contributed by atoms with E-state index in [1.807, 2.05) is 27.8 Å². The summed E-state index contributed by atoms with van der Waals surface area (Å²) in [4.78, 5) is 18.3. The molecule has 0 aromatic heterocycles. The lowest BCUT2D eigenvalue weighted by molar-refractivity contribution is 0.0527. The van der Waals surface area contributed by atoms with Crippen LogP contribution in [-0.2, 0) is 9.47 Å².